The molecule has 0 saturated heterocycles. The molecule has 1 aromatic rings. The third kappa shape index (κ3) is 3.48. The molecule has 0 aliphatic rings. The number of hydrogen-bond donors (Lipinski definition) is 0. The number of pyridine rings is 1. The van der Waals surface area contributed by atoms with E-state index in [4.69, 9.17) is 0 Å². The van der Waals surface area contributed by atoms with Crippen LogP contribution in [0.15, 0.2) is 22.8 Å². The molecule has 0 saturated carbocycles. The summed E-state index contributed by atoms with van der Waals surface area (Å²) in [4.78, 5) is 6.88. The molecule has 0 aromatic carbocycles. The van der Waals surface area contributed by atoms with Crippen LogP contribution in [-0.2, 0) is 0 Å². The van der Waals surface area contributed by atoms with Gasteiger partial charge in [0.05, 0.1) is 4.47 Å². The van der Waals surface area contributed by atoms with Crippen molar-refractivity contribution in [2.24, 2.45) is 0 Å². The first-order valence-electron chi connectivity index (χ1n) is 6.07. The summed E-state index contributed by atoms with van der Waals surface area (Å²) < 4.78 is 1.09. The SMILES string of the molecule is CCCCN(c1ncccc1Br)C(C)CC. The van der Waals surface area contributed by atoms with Crippen LogP contribution in [0.5, 0.6) is 0 Å². The molecular formula is C13H21BrN2. The number of halogens is 1. The molecule has 1 unspecified atom stereocenters. The minimum atomic E-state index is 0.540. The molecule has 90 valence electrons. The van der Waals surface area contributed by atoms with Crippen LogP contribution in [-0.4, -0.2) is 17.6 Å². The number of anilines is 1. The summed E-state index contributed by atoms with van der Waals surface area (Å²) in [6.45, 7) is 7.79. The van der Waals surface area contributed by atoms with Gasteiger partial charge in [0, 0.05) is 18.8 Å². The Labute approximate surface area is 107 Å². The Morgan fingerprint density at radius 1 is 1.44 bits per heavy atom. The highest BCUT2D eigenvalue weighted by Gasteiger charge is 2.15. The van der Waals surface area contributed by atoms with Crippen LogP contribution in [0.1, 0.15) is 40.0 Å². The predicted octanol–water partition coefficient (Wildman–Crippen LogP) is 4.25. The number of aromatic nitrogens is 1. The first kappa shape index (κ1) is 13.5. The minimum Gasteiger partial charge on any atom is -0.353 e. The van der Waals surface area contributed by atoms with Crippen LogP contribution >= 0.6 is 15.9 Å². The second-order valence-corrected chi connectivity index (χ2v) is 4.97. The van der Waals surface area contributed by atoms with Gasteiger partial charge in [-0.15, -0.1) is 0 Å². The third-order valence-electron chi connectivity index (χ3n) is 2.89. The lowest BCUT2D eigenvalue weighted by molar-refractivity contribution is 0.588. The molecular weight excluding hydrogens is 264 g/mol. The largest absolute Gasteiger partial charge is 0.353 e. The molecule has 0 fully saturated rings. The fourth-order valence-electron chi connectivity index (χ4n) is 1.67. The highest BCUT2D eigenvalue weighted by molar-refractivity contribution is 9.10. The van der Waals surface area contributed by atoms with E-state index in [9.17, 15) is 0 Å². The van der Waals surface area contributed by atoms with Crippen molar-refractivity contribution in [2.75, 3.05) is 11.4 Å². The molecule has 1 heterocycles. The van der Waals surface area contributed by atoms with E-state index in [1.54, 1.807) is 0 Å². The highest BCUT2D eigenvalue weighted by Crippen LogP contribution is 2.25. The van der Waals surface area contributed by atoms with Gasteiger partial charge >= 0.3 is 0 Å². The molecule has 1 rings (SSSR count). The fraction of sp³-hybridized carbons (Fsp3) is 0.615. The Bertz CT molecular complexity index is 315. The summed E-state index contributed by atoms with van der Waals surface area (Å²) in [7, 11) is 0. The molecule has 0 radical (unpaired) electrons. The Morgan fingerprint density at radius 2 is 2.19 bits per heavy atom. The molecule has 3 heteroatoms. The zero-order valence-corrected chi connectivity index (χ0v) is 12.0. The maximum Gasteiger partial charge on any atom is 0.143 e. The second-order valence-electron chi connectivity index (χ2n) is 4.11. The Kier molecular flexibility index (Phi) is 5.81. The van der Waals surface area contributed by atoms with Crippen LogP contribution in [0.4, 0.5) is 5.82 Å². The average molecular weight is 285 g/mol. The van der Waals surface area contributed by atoms with E-state index in [0.717, 1.165) is 23.3 Å². The van der Waals surface area contributed by atoms with Gasteiger partial charge in [-0.05, 0) is 47.8 Å². The van der Waals surface area contributed by atoms with E-state index in [-0.39, 0.29) is 0 Å². The first-order chi connectivity index (χ1) is 7.70. The van der Waals surface area contributed by atoms with Gasteiger partial charge in [-0.2, -0.15) is 0 Å². The Hall–Kier alpha value is -0.570. The van der Waals surface area contributed by atoms with Crippen molar-refractivity contribution in [3.05, 3.63) is 22.8 Å². The zero-order chi connectivity index (χ0) is 12.0. The van der Waals surface area contributed by atoms with E-state index < -0.39 is 0 Å². The van der Waals surface area contributed by atoms with Gasteiger partial charge in [0.15, 0.2) is 0 Å². The second kappa shape index (κ2) is 6.89. The number of hydrogen-bond acceptors (Lipinski definition) is 2. The van der Waals surface area contributed by atoms with Crippen LogP contribution in [0.2, 0.25) is 0 Å². The van der Waals surface area contributed by atoms with E-state index in [1.807, 2.05) is 12.3 Å². The number of unbranched alkanes of at least 4 members (excludes halogenated alkanes) is 1. The molecule has 0 amide bonds. The van der Waals surface area contributed by atoms with Crippen molar-refractivity contribution in [2.45, 2.75) is 46.1 Å². The quantitative estimate of drug-likeness (QED) is 0.776. The minimum absolute atomic E-state index is 0.540. The number of nitrogens with zero attached hydrogens (tertiary/aromatic N) is 2. The molecule has 1 aromatic heterocycles. The van der Waals surface area contributed by atoms with Crippen LogP contribution in [0.3, 0.4) is 0 Å². The van der Waals surface area contributed by atoms with Gasteiger partial charge in [0.2, 0.25) is 0 Å². The molecule has 0 bridgehead atoms. The summed E-state index contributed by atoms with van der Waals surface area (Å²) >= 11 is 3.58. The standard InChI is InChI=1S/C13H21BrN2/c1-4-6-10-16(11(3)5-2)13-12(14)8-7-9-15-13/h7-9,11H,4-6,10H2,1-3H3. The predicted molar refractivity (Wildman–Crippen MR) is 73.9 cm³/mol. The van der Waals surface area contributed by atoms with Crippen LogP contribution in [0.25, 0.3) is 0 Å². The van der Waals surface area contributed by atoms with Crippen molar-refractivity contribution < 1.29 is 0 Å². The first-order valence-corrected chi connectivity index (χ1v) is 6.87. The van der Waals surface area contributed by atoms with E-state index in [2.05, 4.69) is 52.7 Å². The normalized spacial score (nSPS) is 12.5. The van der Waals surface area contributed by atoms with Gasteiger partial charge in [0.1, 0.15) is 5.82 Å². The molecule has 0 aliphatic carbocycles. The molecule has 0 spiro atoms. The molecule has 16 heavy (non-hydrogen) atoms. The van der Waals surface area contributed by atoms with Gasteiger partial charge in [-0.25, -0.2) is 4.98 Å². The lowest BCUT2D eigenvalue weighted by Gasteiger charge is -2.30. The van der Waals surface area contributed by atoms with Crippen molar-refractivity contribution >= 4 is 21.7 Å². The zero-order valence-electron chi connectivity index (χ0n) is 10.4. The molecule has 2 nitrogen and oxygen atoms in total. The van der Waals surface area contributed by atoms with E-state index in [1.165, 1.54) is 12.8 Å². The maximum absolute atomic E-state index is 4.48. The van der Waals surface area contributed by atoms with Crippen molar-refractivity contribution in [3.8, 4) is 0 Å². The summed E-state index contributed by atoms with van der Waals surface area (Å²) in [6, 6.07) is 4.56. The summed E-state index contributed by atoms with van der Waals surface area (Å²) in [5.41, 5.74) is 0. The smallest absolute Gasteiger partial charge is 0.143 e. The van der Waals surface area contributed by atoms with Gasteiger partial charge in [-0.3, -0.25) is 0 Å². The Balaban J connectivity index is 2.87. The maximum atomic E-state index is 4.48. The molecule has 0 N–H and O–H groups in total. The van der Waals surface area contributed by atoms with E-state index in [0.29, 0.717) is 6.04 Å². The average Bonchev–Trinajstić information content (AvgIpc) is 2.31. The molecule has 1 atom stereocenters. The van der Waals surface area contributed by atoms with Crippen molar-refractivity contribution in [1.29, 1.82) is 0 Å². The topological polar surface area (TPSA) is 16.1 Å². The van der Waals surface area contributed by atoms with Crippen LogP contribution < -0.4 is 4.90 Å². The summed E-state index contributed by atoms with van der Waals surface area (Å²) in [5, 5.41) is 0. The van der Waals surface area contributed by atoms with Gasteiger partial charge in [0.25, 0.3) is 0 Å². The monoisotopic (exact) mass is 284 g/mol. The van der Waals surface area contributed by atoms with Crippen molar-refractivity contribution in [1.82, 2.24) is 4.98 Å². The lowest BCUT2D eigenvalue weighted by atomic mass is 10.2. The lowest BCUT2D eigenvalue weighted by Crippen LogP contribution is -2.34. The molecule has 0 aliphatic heterocycles. The van der Waals surface area contributed by atoms with Crippen molar-refractivity contribution in [3.63, 3.8) is 0 Å². The van der Waals surface area contributed by atoms with Crippen LogP contribution in [0, 0.1) is 0 Å². The van der Waals surface area contributed by atoms with Gasteiger partial charge in [-0.1, -0.05) is 20.3 Å². The highest BCUT2D eigenvalue weighted by atomic mass is 79.9. The fourth-order valence-corrected chi connectivity index (χ4v) is 2.16. The number of rotatable bonds is 6. The van der Waals surface area contributed by atoms with Gasteiger partial charge < -0.3 is 4.90 Å². The van der Waals surface area contributed by atoms with E-state index >= 15 is 0 Å². The third-order valence-corrected chi connectivity index (χ3v) is 3.51. The Morgan fingerprint density at radius 3 is 2.75 bits per heavy atom. The summed E-state index contributed by atoms with van der Waals surface area (Å²) in [5.74, 6) is 1.07. The summed E-state index contributed by atoms with van der Waals surface area (Å²) in [6.07, 6.45) is 5.44.